The first kappa shape index (κ1) is 18.9. The Hall–Kier alpha value is -3.42. The van der Waals surface area contributed by atoms with Gasteiger partial charge in [-0.25, -0.2) is 14.2 Å². The summed E-state index contributed by atoms with van der Waals surface area (Å²) >= 11 is 0. The van der Waals surface area contributed by atoms with Gasteiger partial charge in [-0.15, -0.1) is 0 Å². The number of nitrogens with two attached hydrogens (primary N) is 1. The summed E-state index contributed by atoms with van der Waals surface area (Å²) in [4.78, 5) is 18.8. The van der Waals surface area contributed by atoms with Crippen LogP contribution in [0, 0.1) is 25.6 Å². The number of nitrogen functional groups attached to an aromatic ring is 1. The maximum Gasteiger partial charge on any atom is 0.323 e. The average Bonchev–Trinajstić information content (AvgIpc) is 3.04. The number of pyridine rings is 1. The number of nitrogens with zero attached hydrogens (tertiary/aromatic N) is 4. The minimum atomic E-state index is -0.298. The minimum absolute atomic E-state index is 0.231. The van der Waals surface area contributed by atoms with E-state index in [1.54, 1.807) is 29.3 Å². The third kappa shape index (κ3) is 3.91. The van der Waals surface area contributed by atoms with E-state index in [0.29, 0.717) is 36.2 Å². The van der Waals surface area contributed by atoms with Gasteiger partial charge in [0.1, 0.15) is 5.82 Å². The molecule has 0 spiro atoms. The van der Waals surface area contributed by atoms with Crippen LogP contribution in [0.2, 0.25) is 0 Å². The molecule has 4 rings (SSSR count). The van der Waals surface area contributed by atoms with Crippen LogP contribution in [0.1, 0.15) is 11.3 Å². The summed E-state index contributed by atoms with van der Waals surface area (Å²) in [6.07, 6.45) is 1.78. The predicted octanol–water partition coefficient (Wildman–Crippen LogP) is 3.45. The molecule has 1 aliphatic rings. The van der Waals surface area contributed by atoms with Gasteiger partial charge in [0.05, 0.1) is 11.4 Å². The van der Waals surface area contributed by atoms with Gasteiger partial charge in [0.2, 0.25) is 0 Å². The van der Waals surface area contributed by atoms with Crippen LogP contribution in [0.3, 0.4) is 0 Å². The number of hydrogen-bond acceptors (Lipinski definition) is 4. The molecule has 1 saturated heterocycles. The van der Waals surface area contributed by atoms with Crippen LogP contribution >= 0.6 is 0 Å². The lowest BCUT2D eigenvalue weighted by atomic mass is 10.0. The summed E-state index contributed by atoms with van der Waals surface area (Å²) < 4.78 is 15.3. The van der Waals surface area contributed by atoms with Gasteiger partial charge in [0.25, 0.3) is 0 Å². The summed E-state index contributed by atoms with van der Waals surface area (Å²) in [7, 11) is 0. The zero-order valence-corrected chi connectivity index (χ0v) is 16.4. The number of likely N-dealkylation sites (tertiary alicyclic amines) is 1. The van der Waals surface area contributed by atoms with E-state index in [2.05, 4.69) is 15.4 Å². The van der Waals surface area contributed by atoms with E-state index in [4.69, 9.17) is 5.73 Å². The van der Waals surface area contributed by atoms with Crippen LogP contribution in [0.25, 0.3) is 11.3 Å². The number of rotatable bonds is 4. The Morgan fingerprint density at radius 2 is 2.03 bits per heavy atom. The van der Waals surface area contributed by atoms with Gasteiger partial charge in [-0.2, -0.15) is 5.10 Å². The van der Waals surface area contributed by atoms with E-state index in [-0.39, 0.29) is 11.8 Å². The third-order valence-corrected chi connectivity index (χ3v) is 5.22. The van der Waals surface area contributed by atoms with E-state index in [1.807, 2.05) is 24.6 Å². The summed E-state index contributed by atoms with van der Waals surface area (Å²) in [5.74, 6) is 0.383. The molecule has 1 aliphatic heterocycles. The first-order valence-corrected chi connectivity index (χ1v) is 9.48. The van der Waals surface area contributed by atoms with Gasteiger partial charge in [-0.1, -0.05) is 0 Å². The number of carbonyl (C=O) groups is 1. The molecule has 1 fully saturated rings. The van der Waals surface area contributed by atoms with E-state index in [1.165, 1.54) is 12.1 Å². The van der Waals surface area contributed by atoms with Crippen LogP contribution in [-0.2, 0) is 6.54 Å². The quantitative estimate of drug-likeness (QED) is 0.709. The van der Waals surface area contributed by atoms with Crippen molar-refractivity contribution < 1.29 is 9.18 Å². The predicted molar refractivity (Wildman–Crippen MR) is 110 cm³/mol. The van der Waals surface area contributed by atoms with Crippen molar-refractivity contribution in [2.45, 2.75) is 20.4 Å². The molecule has 8 heteroatoms. The highest BCUT2D eigenvalue weighted by molar-refractivity contribution is 5.92. The van der Waals surface area contributed by atoms with Crippen molar-refractivity contribution >= 4 is 17.5 Å². The van der Waals surface area contributed by atoms with Gasteiger partial charge in [-0.05, 0) is 55.8 Å². The van der Waals surface area contributed by atoms with Gasteiger partial charge in [0, 0.05) is 43.0 Å². The number of hydrogen-bond donors (Lipinski definition) is 2. The van der Waals surface area contributed by atoms with Crippen LogP contribution < -0.4 is 11.1 Å². The summed E-state index contributed by atoms with van der Waals surface area (Å²) in [6.45, 7) is 5.93. The maximum atomic E-state index is 13.4. The number of amides is 2. The SMILES string of the molecule is Cc1cc(F)ccc1-c1ccc(N)c(NC(=O)N2CC(Cn3nccc3C)C2)n1. The van der Waals surface area contributed by atoms with Crippen molar-refractivity contribution in [1.82, 2.24) is 19.7 Å². The molecular weight excluding hydrogens is 371 g/mol. The third-order valence-electron chi connectivity index (χ3n) is 5.22. The molecule has 2 aromatic heterocycles. The van der Waals surface area contributed by atoms with E-state index in [9.17, 15) is 9.18 Å². The van der Waals surface area contributed by atoms with Crippen molar-refractivity contribution in [2.24, 2.45) is 5.92 Å². The minimum Gasteiger partial charge on any atom is -0.396 e. The Kier molecular flexibility index (Phi) is 4.92. The fourth-order valence-corrected chi connectivity index (χ4v) is 3.50. The average molecular weight is 394 g/mol. The molecule has 3 heterocycles. The van der Waals surface area contributed by atoms with Gasteiger partial charge < -0.3 is 10.6 Å². The van der Waals surface area contributed by atoms with Crippen molar-refractivity contribution in [3.8, 4) is 11.3 Å². The zero-order chi connectivity index (χ0) is 20.5. The summed E-state index contributed by atoms with van der Waals surface area (Å²) in [6, 6.07) is 9.70. The van der Waals surface area contributed by atoms with Crippen molar-refractivity contribution in [2.75, 3.05) is 24.1 Å². The molecule has 29 heavy (non-hydrogen) atoms. The highest BCUT2D eigenvalue weighted by Crippen LogP contribution is 2.27. The lowest BCUT2D eigenvalue weighted by molar-refractivity contribution is 0.117. The molecule has 150 valence electrons. The first-order valence-electron chi connectivity index (χ1n) is 9.48. The first-order chi connectivity index (χ1) is 13.9. The highest BCUT2D eigenvalue weighted by atomic mass is 19.1. The van der Waals surface area contributed by atoms with Crippen LogP contribution in [-0.4, -0.2) is 38.8 Å². The number of carbonyl (C=O) groups excluding carboxylic acids is 1. The molecule has 0 saturated carbocycles. The van der Waals surface area contributed by atoms with Crippen LogP contribution in [0.4, 0.5) is 20.7 Å². The van der Waals surface area contributed by atoms with Crippen LogP contribution in [0.5, 0.6) is 0 Å². The number of urea groups is 1. The van der Waals surface area contributed by atoms with E-state index < -0.39 is 0 Å². The van der Waals surface area contributed by atoms with Crippen molar-refractivity contribution in [3.05, 3.63) is 59.7 Å². The topological polar surface area (TPSA) is 89.1 Å². The Balaban J connectivity index is 1.42. The van der Waals surface area contributed by atoms with Crippen molar-refractivity contribution in [3.63, 3.8) is 0 Å². The molecule has 0 radical (unpaired) electrons. The lowest BCUT2D eigenvalue weighted by Gasteiger charge is -2.39. The number of nitrogens with one attached hydrogen (secondary N) is 1. The standard InChI is InChI=1S/C21H23FN6O/c1-13-9-16(22)3-4-17(13)19-6-5-18(23)20(25-19)26-21(29)27-10-15(11-27)12-28-14(2)7-8-24-28/h3-9,15H,10-12,23H2,1-2H3,(H,25,26,29). The fraction of sp³-hybridized carbons (Fsp3) is 0.286. The molecule has 0 bridgehead atoms. The maximum absolute atomic E-state index is 13.4. The number of aromatic nitrogens is 3. The normalized spacial score (nSPS) is 14.0. The summed E-state index contributed by atoms with van der Waals surface area (Å²) in [5.41, 5.74) is 9.68. The number of aryl methyl sites for hydroxylation is 2. The van der Waals surface area contributed by atoms with Crippen molar-refractivity contribution in [1.29, 1.82) is 0 Å². The monoisotopic (exact) mass is 394 g/mol. The largest absolute Gasteiger partial charge is 0.396 e. The molecule has 1 aromatic carbocycles. The van der Waals surface area contributed by atoms with Gasteiger partial charge in [-0.3, -0.25) is 10.00 Å². The number of halogens is 1. The second-order valence-corrected chi connectivity index (χ2v) is 7.45. The molecule has 0 atom stereocenters. The molecule has 2 amide bonds. The molecule has 0 aliphatic carbocycles. The smallest absolute Gasteiger partial charge is 0.323 e. The van der Waals surface area contributed by atoms with Gasteiger partial charge >= 0.3 is 6.03 Å². The Morgan fingerprint density at radius 3 is 2.72 bits per heavy atom. The molecule has 7 nitrogen and oxygen atoms in total. The van der Waals surface area contributed by atoms with E-state index in [0.717, 1.165) is 23.4 Å². The molecule has 3 N–H and O–H groups in total. The lowest BCUT2D eigenvalue weighted by Crippen LogP contribution is -2.53. The fourth-order valence-electron chi connectivity index (χ4n) is 3.50. The molecule has 0 unspecified atom stereocenters. The molecule has 3 aromatic rings. The molecular formula is C21H23FN6O. The van der Waals surface area contributed by atoms with Gasteiger partial charge in [0.15, 0.2) is 5.82 Å². The summed E-state index contributed by atoms with van der Waals surface area (Å²) in [5, 5.41) is 7.08. The number of benzene rings is 1. The number of anilines is 2. The van der Waals surface area contributed by atoms with Crippen LogP contribution in [0.15, 0.2) is 42.6 Å². The Bertz CT molecular complexity index is 1060. The highest BCUT2D eigenvalue weighted by Gasteiger charge is 2.31. The second kappa shape index (κ2) is 7.54. The Morgan fingerprint density at radius 1 is 1.24 bits per heavy atom. The zero-order valence-electron chi connectivity index (χ0n) is 16.4. The second-order valence-electron chi connectivity index (χ2n) is 7.45. The Labute approximate surface area is 168 Å². The van der Waals surface area contributed by atoms with E-state index >= 15 is 0 Å².